The van der Waals surface area contributed by atoms with Crippen molar-refractivity contribution in [2.45, 2.75) is 64.0 Å². The van der Waals surface area contributed by atoms with Crippen molar-refractivity contribution < 1.29 is 42.9 Å². The van der Waals surface area contributed by atoms with Crippen LogP contribution in [0, 0.1) is 0 Å². The van der Waals surface area contributed by atoms with E-state index in [1.165, 1.54) is 51.2 Å². The first-order valence-electron chi connectivity index (χ1n) is 9.31. The Labute approximate surface area is 182 Å². The highest BCUT2D eigenvalue weighted by Gasteiger charge is 2.52. The first-order valence-corrected chi connectivity index (χ1v) is 11.2. The smallest absolute Gasteiger partial charge is 0.303 e. The first kappa shape index (κ1) is 24.5. The summed E-state index contributed by atoms with van der Waals surface area (Å²) in [5.41, 5.74) is -0.824. The molecule has 0 spiro atoms. The van der Waals surface area contributed by atoms with Crippen molar-refractivity contribution >= 4 is 51.8 Å². The molecule has 0 radical (unpaired) electrons. The quantitative estimate of drug-likeness (QED) is 0.418. The molecule has 2 rings (SSSR count). The lowest BCUT2D eigenvalue weighted by Crippen LogP contribution is -2.61. The summed E-state index contributed by atoms with van der Waals surface area (Å²) in [6.45, 7) is 5.24. The van der Waals surface area contributed by atoms with E-state index in [-0.39, 0.29) is 6.61 Å². The number of thioether (sulfide) groups is 2. The summed E-state index contributed by atoms with van der Waals surface area (Å²) < 4.78 is 28.0. The van der Waals surface area contributed by atoms with Crippen LogP contribution in [-0.4, -0.2) is 77.0 Å². The molecule has 0 aliphatic carbocycles. The van der Waals surface area contributed by atoms with Crippen LogP contribution in [0.4, 0.5) is 0 Å². The van der Waals surface area contributed by atoms with Crippen LogP contribution in [0.25, 0.3) is 0 Å². The number of ether oxygens (including phenoxy) is 5. The van der Waals surface area contributed by atoms with E-state index in [0.29, 0.717) is 6.54 Å². The van der Waals surface area contributed by atoms with Gasteiger partial charge >= 0.3 is 23.9 Å². The van der Waals surface area contributed by atoms with Gasteiger partial charge in [0.15, 0.2) is 23.7 Å². The Hall–Kier alpha value is -1.79. The summed E-state index contributed by atoms with van der Waals surface area (Å²) >= 11 is 2.76. The van der Waals surface area contributed by atoms with Gasteiger partial charge in [0.25, 0.3) is 0 Å². The number of aliphatic imine (C=N–C) groups is 1. The third kappa shape index (κ3) is 7.47. The molecule has 0 bridgehead atoms. The molecular weight excluding hydrogens is 438 g/mol. The Kier molecular flexibility index (Phi) is 9.43. The second-order valence-corrected chi connectivity index (χ2v) is 8.96. The molecule has 2 heterocycles. The SMILES string of the molecule is CC(=O)OC[C@H]1O[C@@H](SC2=NCCCS2)[C@H](OC(C)=O)[C@@H](OC(C)=O)[C@@H]1OC(C)=O. The second-order valence-electron chi connectivity index (χ2n) is 6.54. The third-order valence-corrected chi connectivity index (χ3v) is 6.39. The number of hydrogen-bond acceptors (Lipinski definition) is 12. The number of hydrogen-bond donors (Lipinski definition) is 0. The number of carbonyl (C=O) groups is 4. The van der Waals surface area contributed by atoms with Crippen molar-refractivity contribution in [3.8, 4) is 0 Å². The maximum atomic E-state index is 11.8. The number of nitrogens with zero attached hydrogens (tertiary/aromatic N) is 1. The molecule has 0 aromatic carbocycles. The summed E-state index contributed by atoms with van der Waals surface area (Å²) in [5.74, 6) is -1.60. The van der Waals surface area contributed by atoms with Gasteiger partial charge in [0, 0.05) is 40.0 Å². The van der Waals surface area contributed by atoms with Crippen LogP contribution in [0.1, 0.15) is 34.1 Å². The van der Waals surface area contributed by atoms with E-state index >= 15 is 0 Å². The molecule has 0 N–H and O–H groups in total. The van der Waals surface area contributed by atoms with Gasteiger partial charge in [-0.3, -0.25) is 24.2 Å². The van der Waals surface area contributed by atoms with Gasteiger partial charge in [-0.1, -0.05) is 23.5 Å². The van der Waals surface area contributed by atoms with Crippen molar-refractivity contribution in [1.29, 1.82) is 0 Å². The molecule has 30 heavy (non-hydrogen) atoms. The van der Waals surface area contributed by atoms with Crippen molar-refractivity contribution in [3.05, 3.63) is 0 Å². The first-order chi connectivity index (χ1) is 14.2. The van der Waals surface area contributed by atoms with Gasteiger partial charge in [0.2, 0.25) is 0 Å². The average Bonchev–Trinajstić information content (AvgIpc) is 2.64. The Morgan fingerprint density at radius 1 is 0.967 bits per heavy atom. The Bertz CT molecular complexity index is 699. The van der Waals surface area contributed by atoms with E-state index in [2.05, 4.69) is 4.99 Å². The maximum Gasteiger partial charge on any atom is 0.303 e. The fourth-order valence-corrected chi connectivity index (χ4v) is 5.24. The van der Waals surface area contributed by atoms with Crippen molar-refractivity contribution in [3.63, 3.8) is 0 Å². The molecule has 12 heteroatoms. The van der Waals surface area contributed by atoms with Crippen molar-refractivity contribution in [2.75, 3.05) is 18.9 Å². The van der Waals surface area contributed by atoms with Crippen LogP contribution >= 0.6 is 23.5 Å². The van der Waals surface area contributed by atoms with Gasteiger partial charge in [-0.15, -0.1) is 0 Å². The van der Waals surface area contributed by atoms with Gasteiger partial charge in [-0.05, 0) is 6.42 Å². The van der Waals surface area contributed by atoms with E-state index in [0.717, 1.165) is 16.5 Å². The van der Waals surface area contributed by atoms with Gasteiger partial charge < -0.3 is 23.7 Å². The molecule has 10 nitrogen and oxygen atoms in total. The summed E-state index contributed by atoms with van der Waals surface area (Å²) in [6.07, 6.45) is -3.36. The maximum absolute atomic E-state index is 11.8. The molecule has 2 aliphatic heterocycles. The van der Waals surface area contributed by atoms with Gasteiger partial charge in [-0.2, -0.15) is 0 Å². The van der Waals surface area contributed by atoms with E-state index in [4.69, 9.17) is 23.7 Å². The van der Waals surface area contributed by atoms with Crippen LogP contribution in [0.5, 0.6) is 0 Å². The normalized spacial score (nSPS) is 28.7. The lowest BCUT2D eigenvalue weighted by molar-refractivity contribution is -0.237. The van der Waals surface area contributed by atoms with Crippen LogP contribution in [0.2, 0.25) is 0 Å². The van der Waals surface area contributed by atoms with Gasteiger partial charge in [0.1, 0.15) is 17.1 Å². The van der Waals surface area contributed by atoms with Crippen molar-refractivity contribution in [1.82, 2.24) is 0 Å². The van der Waals surface area contributed by atoms with E-state index in [1.807, 2.05) is 0 Å². The zero-order valence-corrected chi connectivity index (χ0v) is 18.8. The molecular formula is C18H25NO9S2. The monoisotopic (exact) mass is 463 g/mol. The molecule has 0 amide bonds. The average molecular weight is 464 g/mol. The lowest BCUT2D eigenvalue weighted by atomic mass is 9.99. The van der Waals surface area contributed by atoms with Crippen LogP contribution in [0.15, 0.2) is 4.99 Å². The molecule has 0 aromatic rings. The number of carbonyl (C=O) groups excluding carboxylic acids is 4. The molecule has 5 atom stereocenters. The topological polar surface area (TPSA) is 127 Å². The van der Waals surface area contributed by atoms with E-state index in [1.54, 1.807) is 0 Å². The lowest BCUT2D eigenvalue weighted by Gasteiger charge is -2.44. The standard InChI is InChI=1S/C18H25NO9S2/c1-9(20)24-8-13-14(25-10(2)21)15(26-11(3)22)16(27-12(4)23)17(28-13)30-18-19-6-5-7-29-18/h13-17H,5-8H2,1-4H3/t13-,14-,15+,16-,17+/m1/s1. The highest BCUT2D eigenvalue weighted by Crippen LogP contribution is 2.37. The molecule has 168 valence electrons. The molecule has 1 fully saturated rings. The van der Waals surface area contributed by atoms with Gasteiger partial charge in [0.05, 0.1) is 0 Å². The predicted molar refractivity (Wildman–Crippen MR) is 109 cm³/mol. The molecule has 0 aromatic heterocycles. The van der Waals surface area contributed by atoms with Crippen LogP contribution in [-0.2, 0) is 42.9 Å². The predicted octanol–water partition coefficient (Wildman–Crippen LogP) is 1.30. The Morgan fingerprint density at radius 3 is 2.10 bits per heavy atom. The summed E-state index contributed by atoms with van der Waals surface area (Å²) in [6, 6.07) is 0. The van der Waals surface area contributed by atoms with E-state index in [9.17, 15) is 19.2 Å². The third-order valence-electron chi connectivity index (χ3n) is 3.93. The van der Waals surface area contributed by atoms with Gasteiger partial charge in [-0.25, -0.2) is 0 Å². The summed E-state index contributed by atoms with van der Waals surface area (Å²) in [7, 11) is 0. The minimum atomic E-state index is -1.16. The summed E-state index contributed by atoms with van der Waals surface area (Å²) in [5, 5.41) is 0. The highest BCUT2D eigenvalue weighted by molar-refractivity contribution is 8.39. The molecule has 0 unspecified atom stereocenters. The molecule has 0 saturated carbocycles. The van der Waals surface area contributed by atoms with Crippen LogP contribution < -0.4 is 0 Å². The van der Waals surface area contributed by atoms with E-state index < -0.39 is 53.7 Å². The largest absolute Gasteiger partial charge is 0.463 e. The fraction of sp³-hybridized carbons (Fsp3) is 0.722. The number of rotatable bonds is 6. The zero-order valence-electron chi connectivity index (χ0n) is 17.2. The summed E-state index contributed by atoms with van der Waals surface area (Å²) in [4.78, 5) is 51.0. The molecule has 1 saturated heterocycles. The highest BCUT2D eigenvalue weighted by atomic mass is 32.2. The zero-order chi connectivity index (χ0) is 22.3. The minimum absolute atomic E-state index is 0.242. The molecule has 2 aliphatic rings. The Balaban J connectivity index is 2.38. The fourth-order valence-electron chi connectivity index (χ4n) is 2.89. The Morgan fingerprint density at radius 2 is 1.57 bits per heavy atom. The van der Waals surface area contributed by atoms with Crippen LogP contribution in [0.3, 0.4) is 0 Å². The second kappa shape index (κ2) is 11.6. The number of esters is 4. The minimum Gasteiger partial charge on any atom is -0.463 e. The van der Waals surface area contributed by atoms with Crippen molar-refractivity contribution in [2.24, 2.45) is 4.99 Å².